The fourth-order valence-corrected chi connectivity index (χ4v) is 2.77. The Kier molecular flexibility index (Phi) is 4.31. The van der Waals surface area contributed by atoms with Gasteiger partial charge in [-0.2, -0.15) is 0 Å². The molecule has 0 bridgehead atoms. The number of hydrogen-bond donors (Lipinski definition) is 1. The normalized spacial score (nSPS) is 18.1. The van der Waals surface area contributed by atoms with E-state index in [9.17, 15) is 4.79 Å². The van der Waals surface area contributed by atoms with Crippen molar-refractivity contribution in [1.82, 2.24) is 9.88 Å². The molecule has 0 aliphatic heterocycles. The molecule has 0 radical (unpaired) electrons. The van der Waals surface area contributed by atoms with Crippen molar-refractivity contribution < 1.29 is 9.90 Å². The van der Waals surface area contributed by atoms with E-state index in [-0.39, 0.29) is 12.6 Å². The smallest absolute Gasteiger partial charge is 0.317 e. The summed E-state index contributed by atoms with van der Waals surface area (Å²) in [4.78, 5) is 17.5. The van der Waals surface area contributed by atoms with E-state index in [1.54, 1.807) is 6.20 Å². The number of rotatable bonds is 5. The first-order valence-electron chi connectivity index (χ1n) is 6.57. The lowest BCUT2D eigenvalue weighted by molar-refractivity contribution is -0.139. The SMILES string of the molecule is CC(c1ccccn1)N(CC(=O)O)C1CCCC1. The van der Waals surface area contributed by atoms with Crippen LogP contribution in [-0.4, -0.2) is 33.5 Å². The van der Waals surface area contributed by atoms with Gasteiger partial charge in [-0.3, -0.25) is 14.7 Å². The number of nitrogens with zero attached hydrogens (tertiary/aromatic N) is 2. The van der Waals surface area contributed by atoms with Gasteiger partial charge < -0.3 is 5.11 Å². The maximum absolute atomic E-state index is 11.0. The summed E-state index contributed by atoms with van der Waals surface area (Å²) in [5, 5.41) is 9.08. The molecule has 1 aliphatic carbocycles. The van der Waals surface area contributed by atoms with Crippen LogP contribution in [0, 0.1) is 0 Å². The Labute approximate surface area is 108 Å². The van der Waals surface area contributed by atoms with Crippen LogP contribution in [0.5, 0.6) is 0 Å². The molecule has 1 fully saturated rings. The molecule has 1 unspecified atom stereocenters. The molecule has 1 saturated carbocycles. The van der Waals surface area contributed by atoms with Gasteiger partial charge in [0.05, 0.1) is 18.3 Å². The lowest BCUT2D eigenvalue weighted by atomic mass is 10.1. The van der Waals surface area contributed by atoms with Crippen molar-refractivity contribution in [3.63, 3.8) is 0 Å². The van der Waals surface area contributed by atoms with Crippen molar-refractivity contribution in [2.24, 2.45) is 0 Å². The summed E-state index contributed by atoms with van der Waals surface area (Å²) in [5.74, 6) is -0.760. The van der Waals surface area contributed by atoms with E-state index >= 15 is 0 Å². The van der Waals surface area contributed by atoms with Crippen LogP contribution < -0.4 is 0 Å². The first-order valence-corrected chi connectivity index (χ1v) is 6.57. The molecule has 1 N–H and O–H groups in total. The minimum atomic E-state index is -0.760. The molecule has 1 aliphatic rings. The number of aromatic nitrogens is 1. The second-order valence-corrected chi connectivity index (χ2v) is 4.93. The molecule has 2 rings (SSSR count). The molecule has 98 valence electrons. The van der Waals surface area contributed by atoms with Gasteiger partial charge in [0.25, 0.3) is 0 Å². The molecule has 0 spiro atoms. The van der Waals surface area contributed by atoms with Crippen LogP contribution in [0.4, 0.5) is 0 Å². The highest BCUT2D eigenvalue weighted by Gasteiger charge is 2.29. The maximum atomic E-state index is 11.0. The van der Waals surface area contributed by atoms with E-state index in [0.29, 0.717) is 6.04 Å². The predicted molar refractivity (Wildman–Crippen MR) is 69.2 cm³/mol. The molecule has 1 atom stereocenters. The zero-order valence-corrected chi connectivity index (χ0v) is 10.7. The number of pyridine rings is 1. The highest BCUT2D eigenvalue weighted by molar-refractivity contribution is 5.69. The Morgan fingerprint density at radius 1 is 1.50 bits per heavy atom. The third kappa shape index (κ3) is 3.07. The molecule has 0 saturated heterocycles. The van der Waals surface area contributed by atoms with Crippen molar-refractivity contribution in [2.75, 3.05) is 6.54 Å². The van der Waals surface area contributed by atoms with Crippen molar-refractivity contribution in [3.8, 4) is 0 Å². The molecule has 1 heterocycles. The summed E-state index contributed by atoms with van der Waals surface area (Å²) >= 11 is 0. The molecular formula is C14H20N2O2. The molecule has 4 nitrogen and oxygen atoms in total. The topological polar surface area (TPSA) is 53.4 Å². The average Bonchev–Trinajstić information content (AvgIpc) is 2.89. The van der Waals surface area contributed by atoms with Crippen LogP contribution in [0.2, 0.25) is 0 Å². The molecule has 18 heavy (non-hydrogen) atoms. The zero-order chi connectivity index (χ0) is 13.0. The monoisotopic (exact) mass is 248 g/mol. The van der Waals surface area contributed by atoms with Gasteiger partial charge >= 0.3 is 5.97 Å². The highest BCUT2D eigenvalue weighted by atomic mass is 16.4. The fourth-order valence-electron chi connectivity index (χ4n) is 2.77. The van der Waals surface area contributed by atoms with Crippen LogP contribution in [-0.2, 0) is 4.79 Å². The summed E-state index contributed by atoms with van der Waals surface area (Å²) in [7, 11) is 0. The highest BCUT2D eigenvalue weighted by Crippen LogP contribution is 2.29. The number of aliphatic carboxylic acids is 1. The van der Waals surface area contributed by atoms with Gasteiger partial charge in [0.1, 0.15) is 0 Å². The fraction of sp³-hybridized carbons (Fsp3) is 0.571. The summed E-state index contributed by atoms with van der Waals surface area (Å²) in [5.41, 5.74) is 0.950. The van der Waals surface area contributed by atoms with Crippen LogP contribution in [0.1, 0.15) is 44.3 Å². The minimum Gasteiger partial charge on any atom is -0.480 e. The van der Waals surface area contributed by atoms with Crippen molar-refractivity contribution >= 4 is 5.97 Å². The first kappa shape index (κ1) is 13.0. The number of hydrogen-bond acceptors (Lipinski definition) is 3. The Morgan fingerprint density at radius 2 is 2.22 bits per heavy atom. The third-order valence-corrected chi connectivity index (χ3v) is 3.72. The quantitative estimate of drug-likeness (QED) is 0.869. The lowest BCUT2D eigenvalue weighted by Gasteiger charge is -2.32. The van der Waals surface area contributed by atoms with Crippen molar-refractivity contribution in [2.45, 2.75) is 44.7 Å². The number of carboxylic acids is 1. The van der Waals surface area contributed by atoms with Crippen LogP contribution in [0.15, 0.2) is 24.4 Å². The average molecular weight is 248 g/mol. The summed E-state index contributed by atoms with van der Waals surface area (Å²) in [6.45, 7) is 2.14. The Morgan fingerprint density at radius 3 is 2.78 bits per heavy atom. The summed E-state index contributed by atoms with van der Waals surface area (Å²) < 4.78 is 0. The van der Waals surface area contributed by atoms with Crippen molar-refractivity contribution in [3.05, 3.63) is 30.1 Å². The van der Waals surface area contributed by atoms with Gasteiger partial charge in [-0.05, 0) is 31.9 Å². The van der Waals surface area contributed by atoms with Crippen LogP contribution in [0.25, 0.3) is 0 Å². The molecule has 0 aromatic carbocycles. The van der Waals surface area contributed by atoms with Crippen molar-refractivity contribution in [1.29, 1.82) is 0 Å². The largest absolute Gasteiger partial charge is 0.480 e. The predicted octanol–water partition coefficient (Wildman–Crippen LogP) is 2.47. The first-order chi connectivity index (χ1) is 8.68. The van der Waals surface area contributed by atoms with E-state index in [2.05, 4.69) is 9.88 Å². The third-order valence-electron chi connectivity index (χ3n) is 3.72. The van der Waals surface area contributed by atoms with E-state index in [0.717, 1.165) is 18.5 Å². The minimum absolute atomic E-state index is 0.0606. The summed E-state index contributed by atoms with van der Waals surface area (Å²) in [6, 6.07) is 6.25. The summed E-state index contributed by atoms with van der Waals surface area (Å²) in [6.07, 6.45) is 6.37. The van der Waals surface area contributed by atoms with Crippen LogP contribution in [0.3, 0.4) is 0 Å². The lowest BCUT2D eigenvalue weighted by Crippen LogP contribution is -2.39. The standard InChI is InChI=1S/C14H20N2O2/c1-11(13-8-4-5-9-15-13)16(10-14(17)18)12-6-2-3-7-12/h4-5,8-9,11-12H,2-3,6-7,10H2,1H3,(H,17,18). The van der Waals surface area contributed by atoms with Gasteiger partial charge in [0.2, 0.25) is 0 Å². The Hall–Kier alpha value is -1.42. The molecule has 0 amide bonds. The van der Waals surface area contributed by atoms with E-state index < -0.39 is 5.97 Å². The van der Waals surface area contributed by atoms with Gasteiger partial charge in [-0.15, -0.1) is 0 Å². The van der Waals surface area contributed by atoms with Gasteiger partial charge in [-0.25, -0.2) is 0 Å². The van der Waals surface area contributed by atoms with E-state index in [1.165, 1.54) is 12.8 Å². The van der Waals surface area contributed by atoms with Gasteiger partial charge in [0, 0.05) is 12.2 Å². The maximum Gasteiger partial charge on any atom is 0.317 e. The molecule has 1 aromatic rings. The van der Waals surface area contributed by atoms with E-state index in [1.807, 2.05) is 25.1 Å². The number of carbonyl (C=O) groups is 1. The Bertz CT molecular complexity index is 388. The zero-order valence-electron chi connectivity index (χ0n) is 10.7. The second-order valence-electron chi connectivity index (χ2n) is 4.93. The second kappa shape index (κ2) is 5.96. The van der Waals surface area contributed by atoms with Crippen LogP contribution >= 0.6 is 0 Å². The molecule has 1 aromatic heterocycles. The van der Waals surface area contributed by atoms with Gasteiger partial charge in [-0.1, -0.05) is 18.9 Å². The van der Waals surface area contributed by atoms with Gasteiger partial charge in [0.15, 0.2) is 0 Å². The van der Waals surface area contributed by atoms with E-state index in [4.69, 9.17) is 5.11 Å². The Balaban J connectivity index is 2.14. The molecule has 4 heteroatoms. The number of carboxylic acid groups (broad SMARTS) is 1. The molecular weight excluding hydrogens is 228 g/mol.